The first-order chi connectivity index (χ1) is 9.08. The Morgan fingerprint density at radius 1 is 1.26 bits per heavy atom. The highest BCUT2D eigenvalue weighted by atomic mass is 79.9. The van der Waals surface area contributed by atoms with Crippen LogP contribution < -0.4 is 5.32 Å². The van der Waals surface area contributed by atoms with Gasteiger partial charge in [0, 0.05) is 22.5 Å². The number of halogens is 1. The lowest BCUT2D eigenvalue weighted by molar-refractivity contribution is 0.470. The second kappa shape index (κ2) is 6.40. The molecule has 0 aliphatic rings. The minimum Gasteiger partial charge on any atom is -0.461 e. The van der Waals surface area contributed by atoms with E-state index < -0.39 is 0 Å². The van der Waals surface area contributed by atoms with Gasteiger partial charge in [0.15, 0.2) is 0 Å². The Kier molecular flexibility index (Phi) is 4.83. The molecule has 0 fully saturated rings. The zero-order valence-electron chi connectivity index (χ0n) is 11.7. The topological polar surface area (TPSA) is 25.2 Å². The smallest absolute Gasteiger partial charge is 0.134 e. The summed E-state index contributed by atoms with van der Waals surface area (Å²) < 4.78 is 7.02. The molecule has 1 unspecified atom stereocenters. The Morgan fingerprint density at radius 2 is 2.05 bits per heavy atom. The molecule has 0 spiro atoms. The van der Waals surface area contributed by atoms with Crippen LogP contribution in [0.1, 0.15) is 25.2 Å². The van der Waals surface area contributed by atoms with E-state index in [-0.39, 0.29) is 0 Å². The number of aryl methyl sites for hydroxylation is 1. The highest BCUT2D eigenvalue weighted by molar-refractivity contribution is 9.10. The van der Waals surface area contributed by atoms with E-state index in [1.165, 1.54) is 5.56 Å². The molecule has 0 radical (unpaired) electrons. The van der Waals surface area contributed by atoms with Crippen molar-refractivity contribution in [1.29, 1.82) is 0 Å². The molecule has 3 heteroatoms. The van der Waals surface area contributed by atoms with Gasteiger partial charge in [-0.3, -0.25) is 0 Å². The van der Waals surface area contributed by atoms with Crippen LogP contribution in [0.3, 0.4) is 0 Å². The van der Waals surface area contributed by atoms with Crippen LogP contribution in [-0.4, -0.2) is 12.6 Å². The van der Waals surface area contributed by atoms with E-state index in [0.29, 0.717) is 6.04 Å². The van der Waals surface area contributed by atoms with E-state index in [9.17, 15) is 0 Å². The normalized spacial score (nSPS) is 12.6. The molecule has 1 N–H and O–H groups in total. The molecule has 2 nitrogen and oxygen atoms in total. The largest absolute Gasteiger partial charge is 0.461 e. The highest BCUT2D eigenvalue weighted by Crippen LogP contribution is 2.27. The predicted molar refractivity (Wildman–Crippen MR) is 83.4 cm³/mol. The summed E-state index contributed by atoms with van der Waals surface area (Å²) >= 11 is 3.53. The lowest BCUT2D eigenvalue weighted by atomic mass is 10.1. The maximum Gasteiger partial charge on any atom is 0.134 e. The van der Waals surface area contributed by atoms with E-state index in [0.717, 1.165) is 34.5 Å². The average Bonchev–Trinajstić information content (AvgIpc) is 2.76. The van der Waals surface area contributed by atoms with Crippen molar-refractivity contribution in [1.82, 2.24) is 5.32 Å². The van der Waals surface area contributed by atoms with Crippen LogP contribution >= 0.6 is 15.9 Å². The van der Waals surface area contributed by atoms with Crippen molar-refractivity contribution in [2.45, 2.75) is 33.2 Å². The number of hydrogen-bond acceptors (Lipinski definition) is 2. The molecule has 0 amide bonds. The van der Waals surface area contributed by atoms with Crippen molar-refractivity contribution in [3.63, 3.8) is 0 Å². The number of hydrogen-bond donors (Lipinski definition) is 1. The lowest BCUT2D eigenvalue weighted by Crippen LogP contribution is -2.27. The monoisotopic (exact) mass is 321 g/mol. The summed E-state index contributed by atoms with van der Waals surface area (Å²) in [5.41, 5.74) is 2.34. The van der Waals surface area contributed by atoms with Crippen molar-refractivity contribution >= 4 is 15.9 Å². The van der Waals surface area contributed by atoms with Gasteiger partial charge in [-0.05, 0) is 56.3 Å². The number of likely N-dealkylation sites (N-methyl/N-ethyl adjacent to an activating group) is 1. The van der Waals surface area contributed by atoms with Crippen LogP contribution in [0.25, 0.3) is 11.3 Å². The Balaban J connectivity index is 2.16. The van der Waals surface area contributed by atoms with Gasteiger partial charge in [-0.15, -0.1) is 0 Å². The fourth-order valence-electron chi connectivity index (χ4n) is 2.24. The summed E-state index contributed by atoms with van der Waals surface area (Å²) in [6.45, 7) is 7.37. The third kappa shape index (κ3) is 3.95. The average molecular weight is 322 g/mol. The van der Waals surface area contributed by atoms with Crippen LogP contribution in [-0.2, 0) is 6.42 Å². The fraction of sp³-hybridized carbons (Fsp3) is 0.375. The van der Waals surface area contributed by atoms with Crippen molar-refractivity contribution in [2.75, 3.05) is 6.54 Å². The first kappa shape index (κ1) is 14.4. The quantitative estimate of drug-likeness (QED) is 0.873. The molecule has 0 aliphatic heterocycles. The first-order valence-corrected chi connectivity index (χ1v) is 7.47. The molecule has 1 atom stereocenters. The molecule has 0 aliphatic carbocycles. The minimum absolute atomic E-state index is 0.438. The number of furan rings is 1. The van der Waals surface area contributed by atoms with Crippen LogP contribution in [0, 0.1) is 6.92 Å². The van der Waals surface area contributed by atoms with Gasteiger partial charge >= 0.3 is 0 Å². The van der Waals surface area contributed by atoms with Crippen LogP contribution in [0.4, 0.5) is 0 Å². The van der Waals surface area contributed by atoms with Crippen LogP contribution in [0.15, 0.2) is 39.2 Å². The molecule has 1 heterocycles. The molecule has 0 saturated carbocycles. The molecule has 102 valence electrons. The lowest BCUT2D eigenvalue weighted by Gasteiger charge is -2.09. The van der Waals surface area contributed by atoms with E-state index in [2.05, 4.69) is 72.3 Å². The Hall–Kier alpha value is -1.06. The van der Waals surface area contributed by atoms with Crippen molar-refractivity contribution in [3.8, 4) is 11.3 Å². The summed E-state index contributed by atoms with van der Waals surface area (Å²) in [7, 11) is 0. The van der Waals surface area contributed by atoms with E-state index >= 15 is 0 Å². The Morgan fingerprint density at radius 3 is 2.74 bits per heavy atom. The standard InChI is InChI=1S/C16H20BrNO/c1-4-18-12(3)9-15-5-6-16(19-15)13-7-11(2)8-14(17)10-13/h5-8,10,12,18H,4,9H2,1-3H3. The summed E-state index contributed by atoms with van der Waals surface area (Å²) in [6.07, 6.45) is 0.917. The van der Waals surface area contributed by atoms with Gasteiger partial charge in [0.05, 0.1) is 0 Å². The van der Waals surface area contributed by atoms with Gasteiger partial charge in [-0.1, -0.05) is 22.9 Å². The maximum absolute atomic E-state index is 5.94. The van der Waals surface area contributed by atoms with Crippen molar-refractivity contribution in [2.24, 2.45) is 0 Å². The first-order valence-electron chi connectivity index (χ1n) is 6.68. The molecule has 1 aromatic heterocycles. The number of rotatable bonds is 5. The molecule has 19 heavy (non-hydrogen) atoms. The van der Waals surface area contributed by atoms with Gasteiger partial charge in [-0.2, -0.15) is 0 Å². The van der Waals surface area contributed by atoms with Gasteiger partial charge in [0.25, 0.3) is 0 Å². The maximum atomic E-state index is 5.94. The molecule has 0 bridgehead atoms. The molecule has 2 aromatic rings. The predicted octanol–water partition coefficient (Wildman–Crippen LogP) is 4.56. The zero-order chi connectivity index (χ0) is 13.8. The molecule has 1 aromatic carbocycles. The fourth-order valence-corrected chi connectivity index (χ4v) is 2.85. The summed E-state index contributed by atoms with van der Waals surface area (Å²) in [5.74, 6) is 1.96. The van der Waals surface area contributed by atoms with E-state index in [1.807, 2.05) is 0 Å². The summed E-state index contributed by atoms with van der Waals surface area (Å²) in [5, 5.41) is 3.39. The minimum atomic E-state index is 0.438. The Bertz CT molecular complexity index is 527. The van der Waals surface area contributed by atoms with E-state index in [1.54, 1.807) is 0 Å². The summed E-state index contributed by atoms with van der Waals surface area (Å²) in [4.78, 5) is 0. The van der Waals surface area contributed by atoms with Gasteiger partial charge < -0.3 is 9.73 Å². The van der Waals surface area contributed by atoms with Gasteiger partial charge in [0.2, 0.25) is 0 Å². The van der Waals surface area contributed by atoms with Gasteiger partial charge in [-0.25, -0.2) is 0 Å². The highest BCUT2D eigenvalue weighted by Gasteiger charge is 2.09. The second-order valence-electron chi connectivity index (χ2n) is 4.95. The van der Waals surface area contributed by atoms with Gasteiger partial charge in [0.1, 0.15) is 11.5 Å². The third-order valence-electron chi connectivity index (χ3n) is 3.05. The molecule has 0 saturated heterocycles. The SMILES string of the molecule is CCNC(C)Cc1ccc(-c2cc(C)cc(Br)c2)o1. The Labute approximate surface area is 123 Å². The van der Waals surface area contributed by atoms with Crippen LogP contribution in [0.2, 0.25) is 0 Å². The number of benzene rings is 1. The van der Waals surface area contributed by atoms with Crippen LogP contribution in [0.5, 0.6) is 0 Å². The van der Waals surface area contributed by atoms with E-state index in [4.69, 9.17) is 4.42 Å². The van der Waals surface area contributed by atoms with Crippen molar-refractivity contribution in [3.05, 3.63) is 46.1 Å². The number of nitrogens with one attached hydrogen (secondary N) is 1. The van der Waals surface area contributed by atoms with Crippen molar-refractivity contribution < 1.29 is 4.42 Å². The second-order valence-corrected chi connectivity index (χ2v) is 5.86. The molecular weight excluding hydrogens is 302 g/mol. The molecular formula is C16H20BrNO. The zero-order valence-corrected chi connectivity index (χ0v) is 13.3. The summed E-state index contributed by atoms with van der Waals surface area (Å²) in [6, 6.07) is 10.9. The molecule has 2 rings (SSSR count). The third-order valence-corrected chi connectivity index (χ3v) is 3.51.